The zero-order valence-electron chi connectivity index (χ0n) is 18.9. The van der Waals surface area contributed by atoms with Gasteiger partial charge in [-0.3, -0.25) is 4.99 Å². The Morgan fingerprint density at radius 2 is 1.94 bits per heavy atom. The van der Waals surface area contributed by atoms with Crippen LogP contribution in [0.1, 0.15) is 43.0 Å². The molecule has 0 spiro atoms. The molecule has 3 aromatic carbocycles. The van der Waals surface area contributed by atoms with E-state index >= 15 is 0 Å². The average molecular weight is 455 g/mol. The van der Waals surface area contributed by atoms with Gasteiger partial charge in [0.25, 0.3) is 0 Å². The van der Waals surface area contributed by atoms with Crippen molar-refractivity contribution >= 4 is 33.4 Å². The molecule has 3 aromatic rings. The Bertz CT molecular complexity index is 1360. The number of aryl methyl sites for hydroxylation is 1. The van der Waals surface area contributed by atoms with Crippen LogP contribution in [-0.2, 0) is 6.42 Å². The molecule has 0 bridgehead atoms. The molecule has 0 fully saturated rings. The van der Waals surface area contributed by atoms with Crippen molar-refractivity contribution in [1.82, 2.24) is 4.90 Å². The highest BCUT2D eigenvalue weighted by Crippen LogP contribution is 2.55. The van der Waals surface area contributed by atoms with Crippen LogP contribution < -0.4 is 9.47 Å². The van der Waals surface area contributed by atoms with Crippen LogP contribution in [0, 0.1) is 5.92 Å². The van der Waals surface area contributed by atoms with Crippen molar-refractivity contribution < 1.29 is 9.47 Å². The number of aliphatic imine (C=N–C) groups is 1. The van der Waals surface area contributed by atoms with Crippen molar-refractivity contribution in [3.63, 3.8) is 0 Å². The summed E-state index contributed by atoms with van der Waals surface area (Å²) in [5.74, 6) is 2.26. The third kappa shape index (κ3) is 2.75. The van der Waals surface area contributed by atoms with Crippen molar-refractivity contribution in [2.24, 2.45) is 10.9 Å². The summed E-state index contributed by atoms with van der Waals surface area (Å²) < 4.78 is 12.5. The molecule has 0 aliphatic carbocycles. The number of hydrogen-bond acceptors (Lipinski definition) is 5. The summed E-state index contributed by atoms with van der Waals surface area (Å²) in [6, 6.07) is 19.5. The van der Waals surface area contributed by atoms with Crippen molar-refractivity contribution in [2.75, 3.05) is 13.2 Å². The molecule has 5 heteroatoms. The number of hydrogen-bond donors (Lipinski definition) is 0. The van der Waals surface area contributed by atoms with E-state index in [1.165, 1.54) is 33.2 Å². The Morgan fingerprint density at radius 1 is 1.03 bits per heavy atom. The molecule has 0 N–H and O–H groups in total. The molecular formula is C28H26N2O2S. The Kier molecular flexibility index (Phi) is 4.17. The van der Waals surface area contributed by atoms with Gasteiger partial charge < -0.3 is 14.4 Å². The van der Waals surface area contributed by atoms with E-state index in [2.05, 4.69) is 78.8 Å². The fourth-order valence-corrected chi connectivity index (χ4v) is 7.01. The predicted octanol–water partition coefficient (Wildman–Crippen LogP) is 6.41. The molecule has 0 unspecified atom stereocenters. The Hall–Kier alpha value is -2.92. The third-order valence-corrected chi connectivity index (χ3v) is 8.52. The number of benzene rings is 3. The van der Waals surface area contributed by atoms with Gasteiger partial charge in [-0.15, -0.1) is 0 Å². The monoisotopic (exact) mass is 454 g/mol. The Labute approximate surface area is 198 Å². The van der Waals surface area contributed by atoms with Crippen LogP contribution in [-0.4, -0.2) is 28.8 Å². The number of fused-ring (bicyclic) bond motifs is 7. The second-order valence-electron chi connectivity index (χ2n) is 9.83. The van der Waals surface area contributed by atoms with Crippen LogP contribution >= 0.6 is 11.8 Å². The van der Waals surface area contributed by atoms with Crippen LogP contribution in [0.5, 0.6) is 11.5 Å². The van der Waals surface area contributed by atoms with Crippen molar-refractivity contribution in [1.29, 1.82) is 0 Å². The highest BCUT2D eigenvalue weighted by atomic mass is 32.2. The smallest absolute Gasteiger partial charge is 0.169 e. The van der Waals surface area contributed by atoms with Gasteiger partial charge in [0.05, 0.1) is 25.0 Å². The van der Waals surface area contributed by atoms with E-state index in [4.69, 9.17) is 14.5 Å². The normalized spacial score (nSPS) is 24.5. The SMILES string of the molecule is CC1(C)[C@H]2COc3ccc4ccccc4c3[C@H]2N=C2SC=C(c3cccc4c3OCCC4)N21. The molecular weight excluding hydrogens is 428 g/mol. The first-order chi connectivity index (χ1) is 16.1. The van der Waals surface area contributed by atoms with E-state index in [9.17, 15) is 0 Å². The van der Waals surface area contributed by atoms with Crippen LogP contribution in [0.4, 0.5) is 0 Å². The maximum absolute atomic E-state index is 6.37. The van der Waals surface area contributed by atoms with E-state index in [1.54, 1.807) is 11.8 Å². The first-order valence-electron chi connectivity index (χ1n) is 11.8. The molecule has 166 valence electrons. The Morgan fingerprint density at radius 3 is 2.88 bits per heavy atom. The van der Waals surface area contributed by atoms with Crippen LogP contribution in [0.3, 0.4) is 0 Å². The minimum Gasteiger partial charge on any atom is -0.493 e. The van der Waals surface area contributed by atoms with Gasteiger partial charge in [-0.25, -0.2) is 0 Å². The summed E-state index contributed by atoms with van der Waals surface area (Å²) in [4.78, 5) is 7.81. The first kappa shape index (κ1) is 19.5. The van der Waals surface area contributed by atoms with Gasteiger partial charge in [0.1, 0.15) is 11.5 Å². The number of ether oxygens (including phenoxy) is 2. The lowest BCUT2D eigenvalue weighted by Gasteiger charge is -2.51. The van der Waals surface area contributed by atoms with Gasteiger partial charge in [0, 0.05) is 28.0 Å². The van der Waals surface area contributed by atoms with Crippen molar-refractivity contribution in [2.45, 2.75) is 38.3 Å². The van der Waals surface area contributed by atoms with Gasteiger partial charge in [0.2, 0.25) is 0 Å². The second-order valence-corrected chi connectivity index (χ2v) is 10.7. The molecule has 4 nitrogen and oxygen atoms in total. The summed E-state index contributed by atoms with van der Waals surface area (Å²) in [6.07, 6.45) is 2.16. The quantitative estimate of drug-likeness (QED) is 0.425. The maximum atomic E-state index is 6.37. The number of nitrogens with zero attached hydrogens (tertiary/aromatic N) is 2. The zero-order valence-corrected chi connectivity index (χ0v) is 19.7. The van der Waals surface area contributed by atoms with Crippen molar-refractivity contribution in [3.8, 4) is 11.5 Å². The second kappa shape index (κ2) is 7.04. The average Bonchev–Trinajstić information content (AvgIpc) is 3.28. The molecule has 33 heavy (non-hydrogen) atoms. The highest BCUT2D eigenvalue weighted by Gasteiger charge is 2.52. The summed E-state index contributed by atoms with van der Waals surface area (Å²) in [5, 5.41) is 5.83. The fourth-order valence-electron chi connectivity index (χ4n) is 5.94. The number of thioether (sulfide) groups is 1. The van der Waals surface area contributed by atoms with E-state index in [1.807, 2.05) is 0 Å². The lowest BCUT2D eigenvalue weighted by Crippen LogP contribution is -2.56. The molecule has 0 saturated heterocycles. The maximum Gasteiger partial charge on any atom is 0.169 e. The molecule has 0 radical (unpaired) electrons. The standard InChI is InChI=1S/C28H26N2O2S/c1-28(2)21-15-32-23-13-12-17-7-3-4-10-19(17)24(23)25(21)29-27-30(28)22(16-33-27)20-11-5-8-18-9-6-14-31-26(18)20/h3-5,7-8,10-13,16,21,25H,6,9,14-15H2,1-2H3/t21-,25-/m0/s1. The van der Waals surface area contributed by atoms with Gasteiger partial charge in [0.15, 0.2) is 5.17 Å². The van der Waals surface area contributed by atoms with Crippen LogP contribution in [0.2, 0.25) is 0 Å². The predicted molar refractivity (Wildman–Crippen MR) is 135 cm³/mol. The van der Waals surface area contributed by atoms with E-state index in [0.717, 1.165) is 36.1 Å². The molecule has 7 rings (SSSR count). The van der Waals surface area contributed by atoms with Gasteiger partial charge in [-0.2, -0.15) is 0 Å². The van der Waals surface area contributed by atoms with Crippen molar-refractivity contribution in [3.05, 3.63) is 76.7 Å². The lowest BCUT2D eigenvalue weighted by atomic mass is 9.74. The minimum atomic E-state index is -0.164. The molecule has 4 aliphatic rings. The molecule has 0 amide bonds. The van der Waals surface area contributed by atoms with Gasteiger partial charge >= 0.3 is 0 Å². The van der Waals surface area contributed by atoms with Gasteiger partial charge in [-0.05, 0) is 55.2 Å². The summed E-state index contributed by atoms with van der Waals surface area (Å²) in [6.45, 7) is 6.14. The third-order valence-electron chi connectivity index (χ3n) is 7.68. The number of para-hydroxylation sites is 1. The molecule has 2 atom stereocenters. The Balaban J connectivity index is 1.37. The van der Waals surface area contributed by atoms with E-state index in [0.29, 0.717) is 6.61 Å². The number of amidine groups is 1. The summed E-state index contributed by atoms with van der Waals surface area (Å²) in [5.41, 5.74) is 4.76. The molecule has 4 aliphatic heterocycles. The summed E-state index contributed by atoms with van der Waals surface area (Å²) >= 11 is 1.74. The number of rotatable bonds is 1. The molecule has 0 saturated carbocycles. The van der Waals surface area contributed by atoms with E-state index < -0.39 is 0 Å². The topological polar surface area (TPSA) is 34.1 Å². The van der Waals surface area contributed by atoms with Crippen LogP contribution in [0.25, 0.3) is 16.5 Å². The summed E-state index contributed by atoms with van der Waals surface area (Å²) in [7, 11) is 0. The van der Waals surface area contributed by atoms with Gasteiger partial charge in [-0.1, -0.05) is 54.2 Å². The largest absolute Gasteiger partial charge is 0.493 e. The lowest BCUT2D eigenvalue weighted by molar-refractivity contribution is 0.0753. The minimum absolute atomic E-state index is 0.0855. The fraction of sp³-hybridized carbons (Fsp3) is 0.321. The first-order valence-corrected chi connectivity index (χ1v) is 12.7. The van der Waals surface area contributed by atoms with Crippen LogP contribution in [0.15, 0.2) is 65.0 Å². The highest BCUT2D eigenvalue weighted by molar-refractivity contribution is 8.16. The van der Waals surface area contributed by atoms with E-state index in [-0.39, 0.29) is 17.5 Å². The molecule has 4 heterocycles. The zero-order chi connectivity index (χ0) is 22.2. The molecule has 0 aromatic heterocycles.